The van der Waals surface area contributed by atoms with Crippen LogP contribution < -0.4 is 0 Å². The minimum atomic E-state index is -0.308. The predicted octanol–water partition coefficient (Wildman–Crippen LogP) is 0.208. The van der Waals surface area contributed by atoms with Crippen LogP contribution in [-0.4, -0.2) is 31.7 Å². The van der Waals surface area contributed by atoms with Crippen molar-refractivity contribution < 1.29 is 9.84 Å². The maximum Gasteiger partial charge on any atom is 0.115 e. The van der Waals surface area contributed by atoms with E-state index in [4.69, 9.17) is 17.7 Å². The van der Waals surface area contributed by atoms with Gasteiger partial charge in [0.25, 0.3) is 0 Å². The van der Waals surface area contributed by atoms with E-state index in [1.165, 1.54) is 0 Å². The summed E-state index contributed by atoms with van der Waals surface area (Å²) in [7, 11) is 5.54. The van der Waals surface area contributed by atoms with E-state index in [2.05, 4.69) is 0 Å². The summed E-state index contributed by atoms with van der Waals surface area (Å²) in [6, 6.07) is -0.308. The molecule has 0 unspecified atom stereocenters. The summed E-state index contributed by atoms with van der Waals surface area (Å²) in [6.45, 7) is 3.88. The molecule has 1 N–H and O–H groups in total. The lowest BCUT2D eigenvalue weighted by Gasteiger charge is -2.09. The van der Waals surface area contributed by atoms with E-state index >= 15 is 0 Å². The van der Waals surface area contributed by atoms with Gasteiger partial charge in [0, 0.05) is 6.00 Å². The molecule has 0 aromatic heterocycles. The first-order chi connectivity index (χ1) is 4.66. The van der Waals surface area contributed by atoms with E-state index in [1.807, 2.05) is 13.8 Å². The van der Waals surface area contributed by atoms with E-state index in [1.54, 1.807) is 0 Å². The number of ether oxygens (including phenoxy) is 1. The van der Waals surface area contributed by atoms with Crippen LogP contribution >= 0.6 is 0 Å². The lowest BCUT2D eigenvalue weighted by Crippen LogP contribution is -2.17. The Bertz CT molecular complexity index is 165. The molecule has 1 aliphatic heterocycles. The van der Waals surface area contributed by atoms with Gasteiger partial charge in [-0.3, -0.25) is 0 Å². The third kappa shape index (κ3) is 1.11. The second kappa shape index (κ2) is 2.76. The van der Waals surface area contributed by atoms with E-state index in [-0.39, 0.29) is 18.7 Å². The number of aliphatic hydroxyl groups is 1. The largest absolute Gasteiger partial charge is 0.393 e. The molecule has 0 fully saturated rings. The van der Waals surface area contributed by atoms with Crippen LogP contribution in [0.2, 0.25) is 0 Å². The second-order valence-electron chi connectivity index (χ2n) is 2.59. The third-order valence-corrected chi connectivity index (χ3v) is 2.01. The summed E-state index contributed by atoms with van der Waals surface area (Å²) >= 11 is 0. The zero-order chi connectivity index (χ0) is 7.72. The normalized spacial score (nSPS) is 33.5. The van der Waals surface area contributed by atoms with Gasteiger partial charge in [-0.05, 0) is 19.4 Å². The molecule has 0 saturated heterocycles. The molecule has 10 heavy (non-hydrogen) atoms. The molecule has 0 aromatic carbocycles. The molecule has 2 nitrogen and oxygen atoms in total. The fourth-order valence-corrected chi connectivity index (χ4v) is 1.04. The van der Waals surface area contributed by atoms with Gasteiger partial charge in [0.05, 0.1) is 6.61 Å². The molecular formula is C7H11BO2. The summed E-state index contributed by atoms with van der Waals surface area (Å²) < 4.78 is 5.19. The SMILES string of the molecule is [B][C@@H]1O[C@H](CO)C(C)=C1C. The number of aliphatic hydroxyl groups excluding tert-OH is 1. The van der Waals surface area contributed by atoms with Gasteiger partial charge in [-0.2, -0.15) is 0 Å². The minimum Gasteiger partial charge on any atom is -0.393 e. The highest BCUT2D eigenvalue weighted by atomic mass is 16.5. The molecule has 0 aromatic rings. The van der Waals surface area contributed by atoms with E-state index in [0.717, 1.165) is 11.1 Å². The van der Waals surface area contributed by atoms with Crippen molar-refractivity contribution >= 4 is 7.85 Å². The highest BCUT2D eigenvalue weighted by Gasteiger charge is 2.24. The van der Waals surface area contributed by atoms with E-state index < -0.39 is 0 Å². The Balaban J connectivity index is 2.73. The average molecular weight is 138 g/mol. The van der Waals surface area contributed by atoms with Crippen molar-refractivity contribution in [3.8, 4) is 0 Å². The van der Waals surface area contributed by atoms with Crippen molar-refractivity contribution in [2.45, 2.75) is 26.0 Å². The molecule has 0 saturated carbocycles. The molecule has 2 radical (unpaired) electrons. The van der Waals surface area contributed by atoms with Crippen molar-refractivity contribution in [3.63, 3.8) is 0 Å². The first-order valence-electron chi connectivity index (χ1n) is 3.36. The Morgan fingerprint density at radius 3 is 2.30 bits per heavy atom. The maximum absolute atomic E-state index is 8.76. The quantitative estimate of drug-likeness (QED) is 0.414. The highest BCUT2D eigenvalue weighted by molar-refractivity contribution is 6.13. The monoisotopic (exact) mass is 138 g/mol. The smallest absolute Gasteiger partial charge is 0.115 e. The Morgan fingerprint density at radius 1 is 1.50 bits per heavy atom. The fourth-order valence-electron chi connectivity index (χ4n) is 1.04. The second-order valence-corrected chi connectivity index (χ2v) is 2.59. The highest BCUT2D eigenvalue weighted by Crippen LogP contribution is 2.23. The minimum absolute atomic E-state index is 0.0247. The first-order valence-corrected chi connectivity index (χ1v) is 3.36. The van der Waals surface area contributed by atoms with Crippen molar-refractivity contribution in [3.05, 3.63) is 11.1 Å². The van der Waals surface area contributed by atoms with Gasteiger partial charge < -0.3 is 9.84 Å². The molecule has 1 rings (SSSR count). The number of rotatable bonds is 1. The lowest BCUT2D eigenvalue weighted by molar-refractivity contribution is 0.0510. The molecule has 0 aliphatic carbocycles. The van der Waals surface area contributed by atoms with Crippen molar-refractivity contribution in [1.29, 1.82) is 0 Å². The van der Waals surface area contributed by atoms with Gasteiger partial charge in [-0.1, -0.05) is 5.57 Å². The van der Waals surface area contributed by atoms with Crippen molar-refractivity contribution in [1.82, 2.24) is 0 Å². The van der Waals surface area contributed by atoms with Gasteiger partial charge >= 0.3 is 0 Å². The molecule has 0 bridgehead atoms. The van der Waals surface area contributed by atoms with Crippen LogP contribution in [0.5, 0.6) is 0 Å². The zero-order valence-electron chi connectivity index (χ0n) is 6.29. The van der Waals surface area contributed by atoms with Gasteiger partial charge in [0.1, 0.15) is 14.0 Å². The molecule has 0 spiro atoms. The van der Waals surface area contributed by atoms with Crippen LogP contribution in [0.25, 0.3) is 0 Å². The van der Waals surface area contributed by atoms with Crippen LogP contribution in [0, 0.1) is 0 Å². The van der Waals surface area contributed by atoms with Crippen molar-refractivity contribution in [2.24, 2.45) is 0 Å². The summed E-state index contributed by atoms with van der Waals surface area (Å²) in [6.07, 6.45) is -0.171. The summed E-state index contributed by atoms with van der Waals surface area (Å²) in [5.74, 6) is 0. The molecule has 0 amide bonds. The fraction of sp³-hybridized carbons (Fsp3) is 0.714. The van der Waals surface area contributed by atoms with Gasteiger partial charge in [0.15, 0.2) is 0 Å². The Morgan fingerprint density at radius 2 is 2.10 bits per heavy atom. The Hall–Kier alpha value is -0.275. The molecule has 2 atom stereocenters. The topological polar surface area (TPSA) is 29.5 Å². The zero-order valence-corrected chi connectivity index (χ0v) is 6.29. The molecular weight excluding hydrogens is 127 g/mol. The third-order valence-electron chi connectivity index (χ3n) is 2.01. The van der Waals surface area contributed by atoms with Gasteiger partial charge in [-0.25, -0.2) is 0 Å². The lowest BCUT2D eigenvalue weighted by atomic mass is 9.92. The van der Waals surface area contributed by atoms with Crippen LogP contribution in [0.1, 0.15) is 13.8 Å². The van der Waals surface area contributed by atoms with Crippen LogP contribution in [0.3, 0.4) is 0 Å². The first kappa shape index (κ1) is 7.83. The van der Waals surface area contributed by atoms with E-state index in [9.17, 15) is 0 Å². The molecule has 1 aliphatic rings. The predicted molar refractivity (Wildman–Crippen MR) is 39.9 cm³/mol. The van der Waals surface area contributed by atoms with Gasteiger partial charge in [-0.15, -0.1) is 0 Å². The summed E-state index contributed by atoms with van der Waals surface area (Å²) in [4.78, 5) is 0. The Labute approximate surface area is 62.3 Å². The Kier molecular flexibility index (Phi) is 2.16. The van der Waals surface area contributed by atoms with E-state index in [0.29, 0.717) is 0 Å². The number of hydrogen-bond donors (Lipinski definition) is 1. The maximum atomic E-state index is 8.76. The summed E-state index contributed by atoms with van der Waals surface area (Å²) in [5, 5.41) is 8.76. The van der Waals surface area contributed by atoms with Crippen LogP contribution in [0.4, 0.5) is 0 Å². The van der Waals surface area contributed by atoms with Crippen LogP contribution in [-0.2, 0) is 4.74 Å². The van der Waals surface area contributed by atoms with Crippen molar-refractivity contribution in [2.75, 3.05) is 6.61 Å². The standard InChI is InChI=1S/C7H11BO2/c1-4-5(2)7(8)10-6(4)3-9/h6-7,9H,3H2,1-2H3/t6-,7-/m1/s1. The molecule has 54 valence electrons. The molecule has 3 heteroatoms. The summed E-state index contributed by atoms with van der Waals surface area (Å²) in [5.41, 5.74) is 2.11. The van der Waals surface area contributed by atoms with Crippen LogP contribution in [0.15, 0.2) is 11.1 Å². The average Bonchev–Trinajstić information content (AvgIpc) is 2.17. The number of hydrogen-bond acceptors (Lipinski definition) is 2. The molecule has 1 heterocycles. The van der Waals surface area contributed by atoms with Gasteiger partial charge in [0.2, 0.25) is 0 Å².